The Morgan fingerprint density at radius 3 is 2.42 bits per heavy atom. The molecule has 2 atom stereocenters. The molecule has 0 saturated heterocycles. The highest BCUT2D eigenvalue weighted by atomic mass is 16.4. The second kappa shape index (κ2) is 5.82. The van der Waals surface area contributed by atoms with Gasteiger partial charge >= 0.3 is 5.97 Å². The molecule has 0 aromatic heterocycles. The second-order valence-corrected chi connectivity index (χ2v) is 6.92. The summed E-state index contributed by atoms with van der Waals surface area (Å²) in [6, 6.07) is 0. The van der Waals surface area contributed by atoms with Crippen LogP contribution in [0.2, 0.25) is 0 Å². The Labute approximate surface area is 116 Å². The Bertz CT molecular complexity index is 320. The third-order valence-electron chi connectivity index (χ3n) is 5.43. The monoisotopic (exact) mass is 268 g/mol. The molecule has 3 nitrogen and oxygen atoms in total. The molecular formula is C16H28O3. The normalized spacial score (nSPS) is 34.9. The summed E-state index contributed by atoms with van der Waals surface area (Å²) in [6.07, 6.45) is 10.1. The number of aliphatic hydroxyl groups is 1. The van der Waals surface area contributed by atoms with Crippen LogP contribution < -0.4 is 0 Å². The predicted octanol–water partition coefficient (Wildman–Crippen LogP) is 3.74. The topological polar surface area (TPSA) is 57.5 Å². The summed E-state index contributed by atoms with van der Waals surface area (Å²) < 4.78 is 0. The number of carboxylic acids is 1. The molecule has 3 heteroatoms. The van der Waals surface area contributed by atoms with Crippen molar-refractivity contribution in [3.05, 3.63) is 0 Å². The summed E-state index contributed by atoms with van der Waals surface area (Å²) in [7, 11) is 0. The van der Waals surface area contributed by atoms with E-state index in [4.69, 9.17) is 0 Å². The van der Waals surface area contributed by atoms with Gasteiger partial charge in [-0.1, -0.05) is 45.4 Å². The summed E-state index contributed by atoms with van der Waals surface area (Å²) in [6.45, 7) is 2.15. The van der Waals surface area contributed by atoms with Gasteiger partial charge in [-0.05, 0) is 38.0 Å². The number of aliphatic carboxylic acids is 1. The van der Waals surface area contributed by atoms with Gasteiger partial charge in [0.1, 0.15) is 0 Å². The highest BCUT2D eigenvalue weighted by molar-refractivity contribution is 5.75. The molecule has 2 N–H and O–H groups in total. The fourth-order valence-corrected chi connectivity index (χ4v) is 4.28. The molecule has 0 radical (unpaired) electrons. The van der Waals surface area contributed by atoms with Crippen LogP contribution in [0.15, 0.2) is 0 Å². The van der Waals surface area contributed by atoms with E-state index in [0.717, 1.165) is 57.8 Å². The lowest BCUT2D eigenvalue weighted by Gasteiger charge is -2.44. The minimum Gasteiger partial charge on any atom is -0.481 e. The Morgan fingerprint density at radius 1 is 1.16 bits per heavy atom. The summed E-state index contributed by atoms with van der Waals surface area (Å²) in [5.41, 5.74) is -1.38. The predicted molar refractivity (Wildman–Crippen MR) is 75.0 cm³/mol. The molecule has 0 aliphatic heterocycles. The van der Waals surface area contributed by atoms with Crippen LogP contribution in [0.1, 0.15) is 77.6 Å². The minimum atomic E-state index is -0.716. The van der Waals surface area contributed by atoms with E-state index in [1.165, 1.54) is 6.42 Å². The first-order valence-corrected chi connectivity index (χ1v) is 7.95. The van der Waals surface area contributed by atoms with Crippen LogP contribution in [0, 0.1) is 11.3 Å². The van der Waals surface area contributed by atoms with Crippen molar-refractivity contribution in [2.24, 2.45) is 11.3 Å². The van der Waals surface area contributed by atoms with Crippen molar-refractivity contribution >= 4 is 5.97 Å². The number of hydrogen-bond donors (Lipinski definition) is 2. The van der Waals surface area contributed by atoms with Gasteiger partial charge in [-0.15, -0.1) is 0 Å². The second-order valence-electron chi connectivity index (χ2n) is 6.92. The molecule has 2 aliphatic carbocycles. The van der Waals surface area contributed by atoms with Crippen LogP contribution in [0.3, 0.4) is 0 Å². The van der Waals surface area contributed by atoms with Crippen molar-refractivity contribution in [1.82, 2.24) is 0 Å². The van der Waals surface area contributed by atoms with Crippen LogP contribution >= 0.6 is 0 Å². The molecular weight excluding hydrogens is 240 g/mol. The van der Waals surface area contributed by atoms with E-state index in [9.17, 15) is 15.0 Å². The maximum atomic E-state index is 11.8. The lowest BCUT2D eigenvalue weighted by atomic mass is 9.62. The third kappa shape index (κ3) is 3.31. The first kappa shape index (κ1) is 14.8. The molecule has 2 fully saturated rings. The van der Waals surface area contributed by atoms with Crippen molar-refractivity contribution in [3.63, 3.8) is 0 Å². The van der Waals surface area contributed by atoms with Gasteiger partial charge in [0.05, 0.1) is 11.0 Å². The Balaban J connectivity index is 2.12. The molecule has 0 bridgehead atoms. The van der Waals surface area contributed by atoms with Crippen molar-refractivity contribution in [2.45, 2.75) is 83.2 Å². The molecule has 110 valence electrons. The van der Waals surface area contributed by atoms with E-state index in [2.05, 4.69) is 6.92 Å². The first-order valence-electron chi connectivity index (χ1n) is 7.95. The molecule has 0 spiro atoms. The first-order chi connectivity index (χ1) is 9.00. The van der Waals surface area contributed by atoms with Gasteiger partial charge in [-0.3, -0.25) is 4.79 Å². The molecule has 2 aliphatic rings. The number of hydrogen-bond acceptors (Lipinski definition) is 2. The number of rotatable bonds is 4. The van der Waals surface area contributed by atoms with Crippen molar-refractivity contribution in [3.8, 4) is 0 Å². The van der Waals surface area contributed by atoms with Gasteiger partial charge in [0.2, 0.25) is 0 Å². The zero-order valence-electron chi connectivity index (χ0n) is 12.2. The fourth-order valence-electron chi connectivity index (χ4n) is 4.28. The van der Waals surface area contributed by atoms with Gasteiger partial charge < -0.3 is 10.2 Å². The molecule has 0 aromatic carbocycles. The number of carboxylic acid groups (broad SMARTS) is 1. The van der Waals surface area contributed by atoms with Gasteiger partial charge in [0, 0.05) is 0 Å². The molecule has 2 unspecified atom stereocenters. The SMILES string of the molecule is CCC1CCCC(CC2(O)CCCCC2)(C(=O)O)C1. The standard InChI is InChI=1S/C16H28O3/c1-2-13-7-6-8-15(11-13,14(17)18)12-16(19)9-4-3-5-10-16/h13,19H,2-12H2,1H3,(H,17,18). The average Bonchev–Trinajstić information content (AvgIpc) is 2.39. The summed E-state index contributed by atoms with van der Waals surface area (Å²) in [4.78, 5) is 11.8. The third-order valence-corrected chi connectivity index (χ3v) is 5.43. The minimum absolute atomic E-state index is 0.478. The van der Waals surface area contributed by atoms with Gasteiger partial charge in [0.25, 0.3) is 0 Å². The van der Waals surface area contributed by atoms with E-state index in [-0.39, 0.29) is 0 Å². The van der Waals surface area contributed by atoms with Gasteiger partial charge in [0.15, 0.2) is 0 Å². The van der Waals surface area contributed by atoms with Crippen LogP contribution in [0.25, 0.3) is 0 Å². The van der Waals surface area contributed by atoms with Crippen LogP contribution in [-0.4, -0.2) is 21.8 Å². The van der Waals surface area contributed by atoms with Crippen LogP contribution in [0.4, 0.5) is 0 Å². The van der Waals surface area contributed by atoms with Crippen LogP contribution in [0.5, 0.6) is 0 Å². The Morgan fingerprint density at radius 2 is 1.84 bits per heavy atom. The zero-order valence-corrected chi connectivity index (χ0v) is 12.2. The lowest BCUT2D eigenvalue weighted by molar-refractivity contribution is -0.159. The van der Waals surface area contributed by atoms with Crippen molar-refractivity contribution in [2.75, 3.05) is 0 Å². The summed E-state index contributed by atoms with van der Waals surface area (Å²) in [5, 5.41) is 20.5. The highest BCUT2D eigenvalue weighted by Gasteiger charge is 2.48. The molecule has 2 rings (SSSR count). The van der Waals surface area contributed by atoms with E-state index >= 15 is 0 Å². The maximum absolute atomic E-state index is 11.8. The van der Waals surface area contributed by atoms with Gasteiger partial charge in [-0.25, -0.2) is 0 Å². The lowest BCUT2D eigenvalue weighted by Crippen LogP contribution is -2.45. The average molecular weight is 268 g/mol. The molecule has 0 aromatic rings. The quantitative estimate of drug-likeness (QED) is 0.816. The molecule has 2 saturated carbocycles. The van der Waals surface area contributed by atoms with E-state index in [0.29, 0.717) is 12.3 Å². The largest absolute Gasteiger partial charge is 0.481 e. The highest BCUT2D eigenvalue weighted by Crippen LogP contribution is 2.48. The summed E-state index contributed by atoms with van der Waals surface area (Å²) in [5.74, 6) is -0.151. The van der Waals surface area contributed by atoms with Crippen LogP contribution in [-0.2, 0) is 4.79 Å². The van der Waals surface area contributed by atoms with E-state index in [1.807, 2.05) is 0 Å². The zero-order chi connectivity index (χ0) is 13.9. The van der Waals surface area contributed by atoms with Crippen molar-refractivity contribution < 1.29 is 15.0 Å². The smallest absolute Gasteiger partial charge is 0.309 e. The molecule has 19 heavy (non-hydrogen) atoms. The summed E-state index contributed by atoms with van der Waals surface area (Å²) >= 11 is 0. The van der Waals surface area contributed by atoms with E-state index in [1.54, 1.807) is 0 Å². The Kier molecular flexibility index (Phi) is 4.54. The Hall–Kier alpha value is -0.570. The number of carbonyl (C=O) groups is 1. The van der Waals surface area contributed by atoms with Gasteiger partial charge in [-0.2, -0.15) is 0 Å². The molecule has 0 heterocycles. The molecule has 0 amide bonds. The van der Waals surface area contributed by atoms with Crippen molar-refractivity contribution in [1.29, 1.82) is 0 Å². The maximum Gasteiger partial charge on any atom is 0.309 e. The van der Waals surface area contributed by atoms with E-state index < -0.39 is 17.0 Å². The fraction of sp³-hybridized carbons (Fsp3) is 0.938.